The summed E-state index contributed by atoms with van der Waals surface area (Å²) in [7, 11) is 1.58. The van der Waals surface area contributed by atoms with Crippen molar-refractivity contribution in [1.82, 2.24) is 10.2 Å². The second kappa shape index (κ2) is 7.52. The van der Waals surface area contributed by atoms with Gasteiger partial charge in [-0.15, -0.1) is 0 Å². The third-order valence-electron chi connectivity index (χ3n) is 2.69. The number of carboxylic acid groups (broad SMARTS) is 1. The lowest BCUT2D eigenvalue weighted by Crippen LogP contribution is -2.50. The van der Waals surface area contributed by atoms with E-state index in [2.05, 4.69) is 5.32 Å². The quantitative estimate of drug-likeness (QED) is 0.603. The van der Waals surface area contributed by atoms with Crippen molar-refractivity contribution in [3.63, 3.8) is 0 Å². The highest BCUT2D eigenvalue weighted by Gasteiger charge is 2.24. The molecular formula is C11H21N3O4. The molecule has 0 aromatic heterocycles. The van der Waals surface area contributed by atoms with Gasteiger partial charge in [-0.05, 0) is 13.3 Å². The van der Waals surface area contributed by atoms with Crippen molar-refractivity contribution >= 4 is 17.9 Å². The monoisotopic (exact) mass is 259 g/mol. The van der Waals surface area contributed by atoms with Crippen molar-refractivity contribution in [3.8, 4) is 0 Å². The van der Waals surface area contributed by atoms with Crippen LogP contribution in [0.1, 0.15) is 33.1 Å². The van der Waals surface area contributed by atoms with Gasteiger partial charge in [0.1, 0.15) is 6.04 Å². The second-order valence-corrected chi connectivity index (χ2v) is 4.26. The van der Waals surface area contributed by atoms with Gasteiger partial charge in [0, 0.05) is 13.1 Å². The zero-order valence-electron chi connectivity index (χ0n) is 11.0. The molecule has 0 bridgehead atoms. The van der Waals surface area contributed by atoms with Gasteiger partial charge in [-0.25, -0.2) is 9.59 Å². The van der Waals surface area contributed by atoms with E-state index >= 15 is 0 Å². The molecule has 0 radical (unpaired) electrons. The number of nitrogens with zero attached hydrogens (tertiary/aromatic N) is 1. The van der Waals surface area contributed by atoms with E-state index in [9.17, 15) is 14.4 Å². The van der Waals surface area contributed by atoms with E-state index in [4.69, 9.17) is 10.8 Å². The van der Waals surface area contributed by atoms with Gasteiger partial charge in [-0.1, -0.05) is 13.3 Å². The molecule has 0 aliphatic rings. The first-order chi connectivity index (χ1) is 8.29. The summed E-state index contributed by atoms with van der Waals surface area (Å²) in [6, 6.07) is -1.81. The standard InChI is InChI=1S/C11H21N3O4/c1-4-5-7(2)14(3)11(18)13-8(10(16)17)6-9(12)15/h7-8H,4-6H2,1-3H3,(H2,12,15)(H,13,18)(H,16,17)/t7?,8-/m0/s1. The summed E-state index contributed by atoms with van der Waals surface area (Å²) in [6.45, 7) is 3.86. The van der Waals surface area contributed by atoms with Crippen LogP contribution in [-0.4, -0.2) is 47.0 Å². The lowest BCUT2D eigenvalue weighted by molar-refractivity contribution is -0.141. The number of amides is 3. The van der Waals surface area contributed by atoms with Crippen LogP contribution in [0.15, 0.2) is 0 Å². The number of carbonyl (C=O) groups is 3. The van der Waals surface area contributed by atoms with E-state index in [1.54, 1.807) is 7.05 Å². The third-order valence-corrected chi connectivity index (χ3v) is 2.69. The SMILES string of the molecule is CCCC(C)N(C)C(=O)N[C@@H](CC(N)=O)C(=O)O. The fourth-order valence-electron chi connectivity index (χ4n) is 1.46. The van der Waals surface area contributed by atoms with Gasteiger partial charge in [0.2, 0.25) is 5.91 Å². The molecule has 18 heavy (non-hydrogen) atoms. The Balaban J connectivity index is 4.49. The van der Waals surface area contributed by atoms with Crippen LogP contribution >= 0.6 is 0 Å². The number of aliphatic carboxylic acids is 1. The zero-order valence-corrected chi connectivity index (χ0v) is 11.0. The van der Waals surface area contributed by atoms with E-state index in [0.717, 1.165) is 12.8 Å². The first-order valence-corrected chi connectivity index (χ1v) is 5.84. The molecular weight excluding hydrogens is 238 g/mol. The van der Waals surface area contributed by atoms with Crippen molar-refractivity contribution in [1.29, 1.82) is 0 Å². The number of hydrogen-bond donors (Lipinski definition) is 3. The maximum atomic E-state index is 11.8. The smallest absolute Gasteiger partial charge is 0.326 e. The fourth-order valence-corrected chi connectivity index (χ4v) is 1.46. The molecule has 0 aromatic carbocycles. The van der Waals surface area contributed by atoms with E-state index < -0.39 is 30.4 Å². The average molecular weight is 259 g/mol. The Morgan fingerprint density at radius 1 is 1.39 bits per heavy atom. The Labute approximate surface area is 106 Å². The Morgan fingerprint density at radius 3 is 2.33 bits per heavy atom. The predicted octanol–water partition coefficient (Wildman–Crippen LogP) is 0.145. The molecule has 0 aliphatic carbocycles. The van der Waals surface area contributed by atoms with Gasteiger partial charge >= 0.3 is 12.0 Å². The van der Waals surface area contributed by atoms with E-state index in [1.165, 1.54) is 4.90 Å². The number of nitrogens with one attached hydrogen (secondary N) is 1. The van der Waals surface area contributed by atoms with Crippen LogP contribution in [0.3, 0.4) is 0 Å². The molecule has 2 atom stereocenters. The Morgan fingerprint density at radius 2 is 1.94 bits per heavy atom. The van der Waals surface area contributed by atoms with Crippen molar-refractivity contribution in [2.45, 2.75) is 45.2 Å². The molecule has 0 heterocycles. The highest BCUT2D eigenvalue weighted by molar-refractivity contribution is 5.87. The van der Waals surface area contributed by atoms with Gasteiger partial charge < -0.3 is 21.1 Å². The number of rotatable bonds is 7. The van der Waals surface area contributed by atoms with Crippen LogP contribution in [0, 0.1) is 0 Å². The van der Waals surface area contributed by atoms with Crippen molar-refractivity contribution in [2.24, 2.45) is 5.73 Å². The molecule has 4 N–H and O–H groups in total. The Kier molecular flexibility index (Phi) is 6.77. The molecule has 0 rings (SSSR count). The number of urea groups is 1. The molecule has 7 nitrogen and oxygen atoms in total. The van der Waals surface area contributed by atoms with E-state index in [-0.39, 0.29) is 6.04 Å². The molecule has 1 unspecified atom stereocenters. The summed E-state index contributed by atoms with van der Waals surface area (Å²) in [5.74, 6) is -2.05. The molecule has 0 aromatic rings. The summed E-state index contributed by atoms with van der Waals surface area (Å²) >= 11 is 0. The molecule has 104 valence electrons. The summed E-state index contributed by atoms with van der Waals surface area (Å²) in [6.07, 6.45) is 1.32. The molecule has 7 heteroatoms. The van der Waals surface area contributed by atoms with Gasteiger partial charge in [-0.2, -0.15) is 0 Å². The number of carboxylic acids is 1. The Bertz CT molecular complexity index is 319. The minimum Gasteiger partial charge on any atom is -0.480 e. The van der Waals surface area contributed by atoms with Crippen molar-refractivity contribution in [3.05, 3.63) is 0 Å². The predicted molar refractivity (Wildman–Crippen MR) is 65.9 cm³/mol. The minimum atomic E-state index is -1.29. The first-order valence-electron chi connectivity index (χ1n) is 5.84. The highest BCUT2D eigenvalue weighted by Crippen LogP contribution is 2.05. The van der Waals surface area contributed by atoms with Crippen LogP contribution in [-0.2, 0) is 9.59 Å². The number of hydrogen-bond acceptors (Lipinski definition) is 3. The normalized spacial score (nSPS) is 13.5. The first kappa shape index (κ1) is 16.2. The molecule has 0 aliphatic heterocycles. The lowest BCUT2D eigenvalue weighted by atomic mass is 10.2. The highest BCUT2D eigenvalue weighted by atomic mass is 16.4. The second-order valence-electron chi connectivity index (χ2n) is 4.26. The van der Waals surface area contributed by atoms with Gasteiger partial charge in [0.15, 0.2) is 0 Å². The van der Waals surface area contributed by atoms with Crippen LogP contribution in [0.2, 0.25) is 0 Å². The molecule has 0 saturated carbocycles. The van der Waals surface area contributed by atoms with Gasteiger partial charge in [-0.3, -0.25) is 4.79 Å². The third kappa shape index (κ3) is 5.51. The van der Waals surface area contributed by atoms with Crippen molar-refractivity contribution in [2.75, 3.05) is 7.05 Å². The summed E-state index contributed by atoms with van der Waals surface area (Å²) < 4.78 is 0. The summed E-state index contributed by atoms with van der Waals surface area (Å²) in [4.78, 5) is 34.7. The number of carbonyl (C=O) groups excluding carboxylic acids is 2. The van der Waals surface area contributed by atoms with E-state index in [0.29, 0.717) is 0 Å². The molecule has 0 fully saturated rings. The van der Waals surface area contributed by atoms with Gasteiger partial charge in [0.05, 0.1) is 6.42 Å². The molecule has 0 spiro atoms. The van der Waals surface area contributed by atoms with E-state index in [1.807, 2.05) is 13.8 Å². The largest absolute Gasteiger partial charge is 0.480 e. The summed E-state index contributed by atoms with van der Waals surface area (Å²) in [5, 5.41) is 11.1. The van der Waals surface area contributed by atoms with Crippen LogP contribution in [0.5, 0.6) is 0 Å². The zero-order chi connectivity index (χ0) is 14.3. The van der Waals surface area contributed by atoms with Crippen LogP contribution < -0.4 is 11.1 Å². The summed E-state index contributed by atoms with van der Waals surface area (Å²) in [5.41, 5.74) is 4.92. The fraction of sp³-hybridized carbons (Fsp3) is 0.727. The maximum Gasteiger partial charge on any atom is 0.326 e. The molecule has 0 saturated heterocycles. The lowest BCUT2D eigenvalue weighted by Gasteiger charge is -2.26. The molecule has 3 amide bonds. The number of nitrogens with two attached hydrogens (primary N) is 1. The number of primary amides is 1. The average Bonchev–Trinajstić information content (AvgIpc) is 2.26. The van der Waals surface area contributed by atoms with Gasteiger partial charge in [0.25, 0.3) is 0 Å². The Hall–Kier alpha value is -1.79. The van der Waals surface area contributed by atoms with Crippen LogP contribution in [0.25, 0.3) is 0 Å². The minimum absolute atomic E-state index is 0.00183. The van der Waals surface area contributed by atoms with Crippen LogP contribution in [0.4, 0.5) is 4.79 Å². The topological polar surface area (TPSA) is 113 Å². The van der Waals surface area contributed by atoms with Crippen molar-refractivity contribution < 1.29 is 19.5 Å². The maximum absolute atomic E-state index is 11.8.